The quantitative estimate of drug-likeness (QED) is 0.641. The predicted octanol–water partition coefficient (Wildman–Crippen LogP) is -0.922. The van der Waals surface area contributed by atoms with Gasteiger partial charge in [0.1, 0.15) is 0 Å². The Morgan fingerprint density at radius 2 is 2.28 bits per heavy atom. The molecule has 3 N–H and O–H groups in total. The van der Waals surface area contributed by atoms with Gasteiger partial charge in [0.2, 0.25) is 0 Å². The summed E-state index contributed by atoms with van der Waals surface area (Å²) in [5.74, 6) is 0. The van der Waals surface area contributed by atoms with Crippen LogP contribution in [0, 0.1) is 0 Å². The van der Waals surface area contributed by atoms with Gasteiger partial charge >= 0.3 is 0 Å². The SMILES string of the molecule is CN(CCCN)S(=O)(=O)NCCc1ccnn1C. The van der Waals surface area contributed by atoms with Gasteiger partial charge in [-0.3, -0.25) is 4.68 Å². The van der Waals surface area contributed by atoms with E-state index in [-0.39, 0.29) is 0 Å². The molecule has 0 aliphatic carbocycles. The third-order valence-corrected chi connectivity index (χ3v) is 4.25. The first kappa shape index (κ1) is 15.1. The van der Waals surface area contributed by atoms with Crippen molar-refractivity contribution >= 4 is 10.2 Å². The highest BCUT2D eigenvalue weighted by molar-refractivity contribution is 7.87. The first-order valence-corrected chi connectivity index (χ1v) is 7.29. The second kappa shape index (κ2) is 6.83. The average molecular weight is 275 g/mol. The molecule has 1 heterocycles. The van der Waals surface area contributed by atoms with Gasteiger partial charge < -0.3 is 5.73 Å². The number of hydrogen-bond donors (Lipinski definition) is 2. The van der Waals surface area contributed by atoms with Crippen molar-refractivity contribution in [2.75, 3.05) is 26.7 Å². The normalized spacial score (nSPS) is 12.2. The van der Waals surface area contributed by atoms with Crippen LogP contribution in [-0.4, -0.2) is 49.2 Å². The molecule has 1 aromatic rings. The summed E-state index contributed by atoms with van der Waals surface area (Å²) in [7, 11) is -0.0262. The molecule has 0 atom stereocenters. The Hall–Kier alpha value is -0.960. The third-order valence-electron chi connectivity index (χ3n) is 2.68. The molecule has 104 valence electrons. The molecular formula is C10H21N5O2S. The van der Waals surface area contributed by atoms with E-state index in [9.17, 15) is 8.42 Å². The molecule has 18 heavy (non-hydrogen) atoms. The standard InChI is InChI=1S/C10H21N5O2S/c1-14(9-3-6-11)18(16,17)13-8-5-10-4-7-12-15(10)2/h4,7,13H,3,5-6,8-9,11H2,1-2H3. The summed E-state index contributed by atoms with van der Waals surface area (Å²) in [6.45, 7) is 1.27. The minimum absolute atomic E-state index is 0.356. The van der Waals surface area contributed by atoms with Crippen LogP contribution < -0.4 is 10.5 Å². The Balaban J connectivity index is 2.40. The van der Waals surface area contributed by atoms with Crippen molar-refractivity contribution in [3.8, 4) is 0 Å². The Labute approximate surface area is 108 Å². The fraction of sp³-hybridized carbons (Fsp3) is 0.700. The first-order chi connectivity index (χ1) is 8.47. The Kier molecular flexibility index (Phi) is 5.73. The fourth-order valence-electron chi connectivity index (χ4n) is 1.50. The maximum Gasteiger partial charge on any atom is 0.279 e. The average Bonchev–Trinajstić information content (AvgIpc) is 2.72. The lowest BCUT2D eigenvalue weighted by Crippen LogP contribution is -2.40. The van der Waals surface area contributed by atoms with E-state index in [1.807, 2.05) is 13.1 Å². The van der Waals surface area contributed by atoms with Crippen molar-refractivity contribution in [1.29, 1.82) is 0 Å². The summed E-state index contributed by atoms with van der Waals surface area (Å²) in [6.07, 6.45) is 2.96. The van der Waals surface area contributed by atoms with E-state index in [0.29, 0.717) is 32.5 Å². The summed E-state index contributed by atoms with van der Waals surface area (Å²) < 4.78 is 29.2. The maximum atomic E-state index is 11.8. The van der Waals surface area contributed by atoms with Gasteiger partial charge in [0, 0.05) is 45.5 Å². The monoisotopic (exact) mass is 275 g/mol. The molecule has 0 aromatic carbocycles. The first-order valence-electron chi connectivity index (χ1n) is 5.85. The summed E-state index contributed by atoms with van der Waals surface area (Å²) in [5.41, 5.74) is 6.34. The van der Waals surface area contributed by atoms with E-state index in [0.717, 1.165) is 5.69 Å². The minimum Gasteiger partial charge on any atom is -0.330 e. The molecule has 0 unspecified atom stereocenters. The van der Waals surface area contributed by atoms with Gasteiger partial charge in [-0.15, -0.1) is 0 Å². The van der Waals surface area contributed by atoms with E-state index in [4.69, 9.17) is 5.73 Å². The van der Waals surface area contributed by atoms with Crippen LogP contribution in [0.1, 0.15) is 12.1 Å². The van der Waals surface area contributed by atoms with Crippen LogP contribution in [-0.2, 0) is 23.7 Å². The van der Waals surface area contributed by atoms with Crippen LogP contribution in [0.3, 0.4) is 0 Å². The van der Waals surface area contributed by atoms with E-state index in [2.05, 4.69) is 9.82 Å². The highest BCUT2D eigenvalue weighted by Crippen LogP contribution is 1.99. The molecule has 0 spiro atoms. The van der Waals surface area contributed by atoms with Crippen molar-refractivity contribution in [2.24, 2.45) is 12.8 Å². The molecule has 0 aliphatic rings. The molecule has 0 saturated heterocycles. The van der Waals surface area contributed by atoms with Gasteiger partial charge in [0.05, 0.1) is 0 Å². The van der Waals surface area contributed by atoms with Crippen LogP contribution in [0.5, 0.6) is 0 Å². The summed E-state index contributed by atoms with van der Waals surface area (Å²) in [4.78, 5) is 0. The molecular weight excluding hydrogens is 254 g/mol. The second-order valence-electron chi connectivity index (χ2n) is 4.06. The second-order valence-corrected chi connectivity index (χ2v) is 5.92. The molecule has 0 amide bonds. The summed E-state index contributed by atoms with van der Waals surface area (Å²) >= 11 is 0. The van der Waals surface area contributed by atoms with Crippen LogP contribution in [0.25, 0.3) is 0 Å². The van der Waals surface area contributed by atoms with Crippen molar-refractivity contribution in [3.05, 3.63) is 18.0 Å². The molecule has 0 fully saturated rings. The summed E-state index contributed by atoms with van der Waals surface area (Å²) in [5, 5.41) is 4.02. The zero-order valence-electron chi connectivity index (χ0n) is 10.8. The number of aromatic nitrogens is 2. The van der Waals surface area contributed by atoms with Crippen LogP contribution in [0.15, 0.2) is 12.3 Å². The number of nitrogens with two attached hydrogens (primary N) is 1. The molecule has 1 aromatic heterocycles. The van der Waals surface area contributed by atoms with Gasteiger partial charge in [0.15, 0.2) is 0 Å². The van der Waals surface area contributed by atoms with Crippen LogP contribution >= 0.6 is 0 Å². The molecule has 8 heteroatoms. The molecule has 0 aliphatic heterocycles. The van der Waals surface area contributed by atoms with Gasteiger partial charge in [-0.05, 0) is 19.0 Å². The fourth-order valence-corrected chi connectivity index (χ4v) is 2.45. The Morgan fingerprint density at radius 1 is 1.56 bits per heavy atom. The molecule has 0 bridgehead atoms. The number of rotatable bonds is 8. The summed E-state index contributed by atoms with van der Waals surface area (Å²) in [6, 6.07) is 1.87. The molecule has 0 radical (unpaired) electrons. The minimum atomic E-state index is -3.40. The van der Waals surface area contributed by atoms with E-state index in [1.54, 1.807) is 17.9 Å². The lowest BCUT2D eigenvalue weighted by molar-refractivity contribution is 0.453. The van der Waals surface area contributed by atoms with Gasteiger partial charge in [-0.25, -0.2) is 4.72 Å². The topological polar surface area (TPSA) is 93.2 Å². The Bertz CT molecular complexity index is 457. The zero-order valence-corrected chi connectivity index (χ0v) is 11.7. The van der Waals surface area contributed by atoms with Gasteiger partial charge in [-0.2, -0.15) is 17.8 Å². The number of hydrogen-bond acceptors (Lipinski definition) is 4. The van der Waals surface area contributed by atoms with E-state index >= 15 is 0 Å². The lowest BCUT2D eigenvalue weighted by atomic mass is 10.3. The van der Waals surface area contributed by atoms with Gasteiger partial charge in [0.25, 0.3) is 10.2 Å². The van der Waals surface area contributed by atoms with Crippen molar-refractivity contribution < 1.29 is 8.42 Å². The molecule has 0 saturated carbocycles. The van der Waals surface area contributed by atoms with E-state index < -0.39 is 10.2 Å². The lowest BCUT2D eigenvalue weighted by Gasteiger charge is -2.17. The van der Waals surface area contributed by atoms with Crippen molar-refractivity contribution in [2.45, 2.75) is 12.8 Å². The van der Waals surface area contributed by atoms with E-state index in [1.165, 1.54) is 4.31 Å². The van der Waals surface area contributed by atoms with Crippen LogP contribution in [0.2, 0.25) is 0 Å². The molecule has 1 rings (SSSR count). The van der Waals surface area contributed by atoms with Gasteiger partial charge in [-0.1, -0.05) is 0 Å². The largest absolute Gasteiger partial charge is 0.330 e. The number of aryl methyl sites for hydroxylation is 1. The van der Waals surface area contributed by atoms with Crippen molar-refractivity contribution in [1.82, 2.24) is 18.8 Å². The predicted molar refractivity (Wildman–Crippen MR) is 70.1 cm³/mol. The number of nitrogens with zero attached hydrogens (tertiary/aromatic N) is 3. The smallest absolute Gasteiger partial charge is 0.279 e. The van der Waals surface area contributed by atoms with Crippen LogP contribution in [0.4, 0.5) is 0 Å². The zero-order chi connectivity index (χ0) is 13.6. The highest BCUT2D eigenvalue weighted by Gasteiger charge is 2.16. The maximum absolute atomic E-state index is 11.8. The number of nitrogens with one attached hydrogen (secondary N) is 1. The molecule has 7 nitrogen and oxygen atoms in total. The third kappa shape index (κ3) is 4.37. The Morgan fingerprint density at radius 3 is 2.83 bits per heavy atom. The highest BCUT2D eigenvalue weighted by atomic mass is 32.2. The van der Waals surface area contributed by atoms with Crippen molar-refractivity contribution in [3.63, 3.8) is 0 Å².